The second-order valence-electron chi connectivity index (χ2n) is 3.40. The van der Waals surface area contributed by atoms with Gasteiger partial charge in [-0.05, 0) is 12.1 Å². The molecule has 7 nitrogen and oxygen atoms in total. The van der Waals surface area contributed by atoms with Crippen LogP contribution in [0, 0.1) is 11.3 Å². The maximum atomic E-state index is 11.1. The summed E-state index contributed by atoms with van der Waals surface area (Å²) in [5, 5.41) is 27.8. The van der Waals surface area contributed by atoms with Crippen LogP contribution in [0.15, 0.2) is 23.1 Å². The average molecular weight is 266 g/mol. The fourth-order valence-electron chi connectivity index (χ4n) is 1.54. The quantitative estimate of drug-likeness (QED) is 0.649. The van der Waals surface area contributed by atoms with Gasteiger partial charge in [-0.15, -0.1) is 0 Å². The summed E-state index contributed by atoms with van der Waals surface area (Å²) >= 11 is 0. The fraction of sp³-hybridized carbons (Fsp3) is 0. The van der Waals surface area contributed by atoms with E-state index in [1.807, 2.05) is 0 Å². The van der Waals surface area contributed by atoms with Crippen LogP contribution in [0.3, 0.4) is 0 Å². The fourth-order valence-corrected chi connectivity index (χ4v) is 2.19. The lowest BCUT2D eigenvalue weighted by Crippen LogP contribution is -2.00. The molecule has 0 spiro atoms. The van der Waals surface area contributed by atoms with Crippen LogP contribution in [0.1, 0.15) is 5.56 Å². The van der Waals surface area contributed by atoms with Crippen LogP contribution < -0.4 is 0 Å². The molecule has 18 heavy (non-hydrogen) atoms. The van der Waals surface area contributed by atoms with E-state index < -0.39 is 32.2 Å². The van der Waals surface area contributed by atoms with Gasteiger partial charge in [0, 0.05) is 5.39 Å². The number of nitriles is 1. The van der Waals surface area contributed by atoms with Gasteiger partial charge in [-0.3, -0.25) is 4.55 Å². The van der Waals surface area contributed by atoms with Crippen molar-refractivity contribution in [1.29, 1.82) is 5.26 Å². The van der Waals surface area contributed by atoms with E-state index in [0.29, 0.717) is 0 Å². The zero-order chi connectivity index (χ0) is 13.5. The molecule has 2 rings (SSSR count). The first-order valence-corrected chi connectivity index (χ1v) is 6.02. The van der Waals surface area contributed by atoms with Crippen molar-refractivity contribution in [3.05, 3.63) is 23.8 Å². The number of hydrogen-bond acceptors (Lipinski definition) is 6. The topological polar surface area (TPSA) is 132 Å². The van der Waals surface area contributed by atoms with Gasteiger partial charge >= 0.3 is 0 Å². The molecule has 0 aliphatic heterocycles. The molecule has 2 aromatic rings. The van der Waals surface area contributed by atoms with Crippen molar-refractivity contribution in [1.82, 2.24) is 4.98 Å². The highest BCUT2D eigenvalue weighted by Gasteiger charge is 2.20. The molecule has 1 aromatic carbocycles. The van der Waals surface area contributed by atoms with Crippen LogP contribution in [0.5, 0.6) is 11.6 Å². The molecule has 1 aromatic heterocycles. The molecule has 3 N–H and O–H groups in total. The molecule has 0 aliphatic carbocycles. The Hall–Kier alpha value is -2.37. The molecule has 0 atom stereocenters. The van der Waals surface area contributed by atoms with Crippen molar-refractivity contribution >= 4 is 21.0 Å². The largest absolute Gasteiger partial charge is 0.506 e. The number of fused-ring (bicyclic) bond motifs is 1. The molecule has 0 bridgehead atoms. The van der Waals surface area contributed by atoms with Crippen LogP contribution in [0.4, 0.5) is 0 Å². The minimum atomic E-state index is -4.55. The summed E-state index contributed by atoms with van der Waals surface area (Å²) in [6.07, 6.45) is 0. The Balaban J connectivity index is 3.03. The first kappa shape index (κ1) is 12.1. The Morgan fingerprint density at radius 3 is 2.50 bits per heavy atom. The summed E-state index contributed by atoms with van der Waals surface area (Å²) in [5.74, 6) is -1.40. The zero-order valence-corrected chi connectivity index (χ0v) is 9.51. The molecule has 92 valence electrons. The van der Waals surface area contributed by atoms with Gasteiger partial charge in [-0.2, -0.15) is 13.7 Å². The maximum Gasteiger partial charge on any atom is 0.296 e. The Kier molecular flexibility index (Phi) is 2.58. The lowest BCUT2D eigenvalue weighted by molar-refractivity contribution is 0.437. The third kappa shape index (κ3) is 1.71. The molecule has 0 unspecified atom stereocenters. The number of hydrogen-bond donors (Lipinski definition) is 3. The number of aromatic nitrogens is 1. The van der Waals surface area contributed by atoms with Crippen LogP contribution >= 0.6 is 0 Å². The predicted octanol–water partition coefficient (Wildman–Crippen LogP) is 0.764. The zero-order valence-electron chi connectivity index (χ0n) is 8.69. The van der Waals surface area contributed by atoms with Gasteiger partial charge in [0.2, 0.25) is 5.88 Å². The van der Waals surface area contributed by atoms with E-state index >= 15 is 0 Å². The maximum absolute atomic E-state index is 11.1. The first-order valence-electron chi connectivity index (χ1n) is 4.58. The molecule has 0 radical (unpaired) electrons. The summed E-state index contributed by atoms with van der Waals surface area (Å²) in [7, 11) is -4.55. The van der Waals surface area contributed by atoms with E-state index in [2.05, 4.69) is 4.98 Å². The Morgan fingerprint density at radius 1 is 1.28 bits per heavy atom. The van der Waals surface area contributed by atoms with Gasteiger partial charge in [-0.25, -0.2) is 4.98 Å². The molecule has 0 saturated heterocycles. The minimum absolute atomic E-state index is 0.0560. The number of nitrogens with zero attached hydrogens (tertiary/aromatic N) is 2. The molecule has 0 saturated carbocycles. The number of pyridine rings is 1. The van der Waals surface area contributed by atoms with Crippen molar-refractivity contribution in [2.24, 2.45) is 0 Å². The summed E-state index contributed by atoms with van der Waals surface area (Å²) < 4.78 is 31.2. The molecule has 0 amide bonds. The lowest BCUT2D eigenvalue weighted by atomic mass is 10.1. The Labute approximate surface area is 101 Å². The van der Waals surface area contributed by atoms with Crippen molar-refractivity contribution in [2.45, 2.75) is 4.90 Å². The highest BCUT2D eigenvalue weighted by molar-refractivity contribution is 7.86. The summed E-state index contributed by atoms with van der Waals surface area (Å²) in [6, 6.07) is 5.19. The van der Waals surface area contributed by atoms with Crippen molar-refractivity contribution in [3.63, 3.8) is 0 Å². The average Bonchev–Trinajstić information content (AvgIpc) is 2.27. The van der Waals surface area contributed by atoms with Gasteiger partial charge in [0.05, 0.1) is 5.52 Å². The van der Waals surface area contributed by atoms with E-state index in [9.17, 15) is 18.6 Å². The second-order valence-corrected chi connectivity index (χ2v) is 4.79. The Bertz CT molecular complexity index is 792. The highest BCUT2D eigenvalue weighted by atomic mass is 32.2. The van der Waals surface area contributed by atoms with E-state index in [0.717, 1.165) is 6.07 Å². The number of aromatic hydroxyl groups is 2. The number of para-hydroxylation sites is 1. The molecule has 0 aliphatic rings. The van der Waals surface area contributed by atoms with Crippen LogP contribution in [0.2, 0.25) is 0 Å². The second kappa shape index (κ2) is 3.83. The first-order chi connectivity index (χ1) is 8.36. The van der Waals surface area contributed by atoms with Crippen molar-refractivity contribution in [2.75, 3.05) is 0 Å². The third-order valence-electron chi connectivity index (χ3n) is 2.32. The summed E-state index contributed by atoms with van der Waals surface area (Å²) in [6.45, 7) is 0. The Morgan fingerprint density at radius 2 is 1.94 bits per heavy atom. The van der Waals surface area contributed by atoms with Crippen LogP contribution in [0.25, 0.3) is 10.9 Å². The van der Waals surface area contributed by atoms with Gasteiger partial charge in [0.15, 0.2) is 5.56 Å². The lowest BCUT2D eigenvalue weighted by Gasteiger charge is -2.06. The molecule has 8 heteroatoms. The predicted molar refractivity (Wildman–Crippen MR) is 59.6 cm³/mol. The molecule has 1 heterocycles. The molecular formula is C10H6N2O5S. The summed E-state index contributed by atoms with van der Waals surface area (Å²) in [5.41, 5.74) is -0.774. The summed E-state index contributed by atoms with van der Waals surface area (Å²) in [4.78, 5) is 2.95. The van der Waals surface area contributed by atoms with Crippen molar-refractivity contribution in [3.8, 4) is 17.7 Å². The van der Waals surface area contributed by atoms with Gasteiger partial charge < -0.3 is 10.2 Å². The van der Waals surface area contributed by atoms with Gasteiger partial charge in [0.1, 0.15) is 16.7 Å². The molecular weight excluding hydrogens is 260 g/mol. The van der Waals surface area contributed by atoms with E-state index in [4.69, 9.17) is 9.81 Å². The SMILES string of the molecule is N#Cc1c(O)nc2c(S(=O)(=O)O)cccc2c1O. The van der Waals surface area contributed by atoms with E-state index in [-0.39, 0.29) is 10.9 Å². The highest BCUT2D eigenvalue weighted by Crippen LogP contribution is 2.34. The van der Waals surface area contributed by atoms with E-state index in [1.165, 1.54) is 18.2 Å². The third-order valence-corrected chi connectivity index (χ3v) is 3.21. The van der Waals surface area contributed by atoms with Crippen LogP contribution in [-0.2, 0) is 10.1 Å². The number of rotatable bonds is 1. The normalized spacial score (nSPS) is 11.3. The van der Waals surface area contributed by atoms with Gasteiger partial charge in [0.25, 0.3) is 10.1 Å². The van der Waals surface area contributed by atoms with Crippen LogP contribution in [-0.4, -0.2) is 28.2 Å². The number of benzene rings is 1. The smallest absolute Gasteiger partial charge is 0.296 e. The van der Waals surface area contributed by atoms with Crippen molar-refractivity contribution < 1.29 is 23.2 Å². The minimum Gasteiger partial charge on any atom is -0.506 e. The molecule has 0 fully saturated rings. The standard InChI is InChI=1S/C10H6N2O5S/c11-4-6-9(13)5-2-1-3-7(18(15,16)17)8(5)12-10(6)14/h1-3H,(H2,12,13,14)(H,15,16,17). The van der Waals surface area contributed by atoms with Gasteiger partial charge in [-0.1, -0.05) is 6.07 Å². The monoisotopic (exact) mass is 266 g/mol. The van der Waals surface area contributed by atoms with E-state index in [1.54, 1.807) is 0 Å².